The van der Waals surface area contributed by atoms with Crippen LogP contribution in [0.15, 0.2) is 35.7 Å². The van der Waals surface area contributed by atoms with Crippen molar-refractivity contribution in [3.8, 4) is 11.3 Å². The van der Waals surface area contributed by atoms with Crippen molar-refractivity contribution in [3.63, 3.8) is 0 Å². The summed E-state index contributed by atoms with van der Waals surface area (Å²) in [5.41, 5.74) is 2.22. The Hall–Kier alpha value is -1.31. The number of aliphatic hydroxyl groups excluding tert-OH is 1. The molecule has 5 nitrogen and oxygen atoms in total. The van der Waals surface area contributed by atoms with Crippen LogP contribution in [0.5, 0.6) is 0 Å². The summed E-state index contributed by atoms with van der Waals surface area (Å²) in [5.74, 6) is 0. The molecule has 4 rings (SSSR count). The standard InChI is InChI=1S/C20H28N4OS/c1-22-9-11-24(12-10-22)18-7-8-23(13-19(18)25)14-20-21-17(15-26-20)16-5-3-2-4-6-16/h2-6,15,18-19,25H,7-14H2,1H3/t18-,19-/m1/s1. The second-order valence-corrected chi connectivity index (χ2v) is 8.43. The molecule has 2 aliphatic rings. The zero-order valence-electron chi connectivity index (χ0n) is 15.4. The number of piperazine rings is 1. The molecule has 6 heteroatoms. The number of rotatable bonds is 4. The molecular weight excluding hydrogens is 344 g/mol. The molecule has 0 saturated carbocycles. The number of hydrogen-bond donors (Lipinski definition) is 1. The molecule has 2 saturated heterocycles. The first-order chi connectivity index (χ1) is 12.7. The highest BCUT2D eigenvalue weighted by Gasteiger charge is 2.33. The molecule has 2 aromatic rings. The Kier molecular flexibility index (Phi) is 5.66. The van der Waals surface area contributed by atoms with Crippen molar-refractivity contribution in [2.75, 3.05) is 46.3 Å². The van der Waals surface area contributed by atoms with Gasteiger partial charge in [-0.05, 0) is 13.5 Å². The minimum Gasteiger partial charge on any atom is -0.390 e. The van der Waals surface area contributed by atoms with E-state index in [1.54, 1.807) is 11.3 Å². The number of likely N-dealkylation sites (tertiary alicyclic amines) is 1. The number of aromatic nitrogens is 1. The van der Waals surface area contributed by atoms with Crippen molar-refractivity contribution in [2.24, 2.45) is 0 Å². The Balaban J connectivity index is 1.33. The number of likely N-dealkylation sites (N-methyl/N-ethyl adjacent to an activating group) is 1. The molecule has 1 N–H and O–H groups in total. The molecule has 2 aliphatic heterocycles. The summed E-state index contributed by atoms with van der Waals surface area (Å²) < 4.78 is 0. The van der Waals surface area contributed by atoms with Crippen LogP contribution in [0.2, 0.25) is 0 Å². The van der Waals surface area contributed by atoms with E-state index in [4.69, 9.17) is 4.98 Å². The van der Waals surface area contributed by atoms with Gasteiger partial charge in [0.1, 0.15) is 5.01 Å². The SMILES string of the molecule is CN1CCN([C@@H]2CCN(Cc3nc(-c4ccccc4)cs3)C[C@H]2O)CC1. The Bertz CT molecular complexity index is 699. The van der Waals surface area contributed by atoms with Gasteiger partial charge in [-0.1, -0.05) is 30.3 Å². The fourth-order valence-electron chi connectivity index (χ4n) is 4.02. The first kappa shape index (κ1) is 18.1. The summed E-state index contributed by atoms with van der Waals surface area (Å²) in [5, 5.41) is 14.0. The summed E-state index contributed by atoms with van der Waals surface area (Å²) in [6.07, 6.45) is 0.780. The van der Waals surface area contributed by atoms with Crippen molar-refractivity contribution >= 4 is 11.3 Å². The number of aliphatic hydroxyl groups is 1. The molecule has 0 amide bonds. The molecule has 3 heterocycles. The maximum Gasteiger partial charge on any atom is 0.107 e. The number of hydrogen-bond acceptors (Lipinski definition) is 6. The Labute approximate surface area is 159 Å². The number of benzene rings is 1. The minimum atomic E-state index is -0.263. The van der Waals surface area contributed by atoms with Gasteiger partial charge in [0, 0.05) is 56.3 Å². The third-order valence-electron chi connectivity index (χ3n) is 5.62. The summed E-state index contributed by atoms with van der Waals surface area (Å²) >= 11 is 1.72. The molecule has 0 radical (unpaired) electrons. The van der Waals surface area contributed by atoms with Crippen LogP contribution in [-0.2, 0) is 6.54 Å². The largest absolute Gasteiger partial charge is 0.390 e. The van der Waals surface area contributed by atoms with Crippen molar-refractivity contribution in [2.45, 2.75) is 25.1 Å². The van der Waals surface area contributed by atoms with E-state index in [9.17, 15) is 5.11 Å². The second kappa shape index (κ2) is 8.15. The van der Waals surface area contributed by atoms with E-state index in [0.717, 1.165) is 62.9 Å². The van der Waals surface area contributed by atoms with Crippen LogP contribution in [0, 0.1) is 0 Å². The fourth-order valence-corrected chi connectivity index (χ4v) is 4.87. The third-order valence-corrected chi connectivity index (χ3v) is 6.45. The molecule has 140 valence electrons. The molecule has 0 aliphatic carbocycles. The normalized spacial score (nSPS) is 26.2. The van der Waals surface area contributed by atoms with Gasteiger partial charge in [0.05, 0.1) is 18.3 Å². The smallest absolute Gasteiger partial charge is 0.107 e. The van der Waals surface area contributed by atoms with Crippen LogP contribution in [-0.4, -0.2) is 83.3 Å². The van der Waals surface area contributed by atoms with Crippen molar-refractivity contribution in [1.29, 1.82) is 0 Å². The summed E-state index contributed by atoms with van der Waals surface area (Å²) in [6, 6.07) is 10.6. The predicted molar refractivity (Wildman–Crippen MR) is 106 cm³/mol. The van der Waals surface area contributed by atoms with Gasteiger partial charge in [0.2, 0.25) is 0 Å². The van der Waals surface area contributed by atoms with Crippen LogP contribution in [0.25, 0.3) is 11.3 Å². The van der Waals surface area contributed by atoms with Gasteiger partial charge in [-0.2, -0.15) is 0 Å². The van der Waals surface area contributed by atoms with Crippen molar-refractivity contribution < 1.29 is 5.11 Å². The lowest BCUT2D eigenvalue weighted by molar-refractivity contribution is -0.0286. The summed E-state index contributed by atoms with van der Waals surface area (Å²) in [6.45, 7) is 6.98. The molecular formula is C20H28N4OS. The van der Waals surface area contributed by atoms with E-state index in [1.807, 2.05) is 18.2 Å². The van der Waals surface area contributed by atoms with E-state index in [0.29, 0.717) is 6.04 Å². The minimum absolute atomic E-state index is 0.263. The average molecular weight is 373 g/mol. The van der Waals surface area contributed by atoms with Gasteiger partial charge in [-0.15, -0.1) is 11.3 Å². The maximum absolute atomic E-state index is 10.7. The number of nitrogens with zero attached hydrogens (tertiary/aromatic N) is 4. The summed E-state index contributed by atoms with van der Waals surface area (Å²) in [4.78, 5) is 12.0. The average Bonchev–Trinajstić information content (AvgIpc) is 3.12. The van der Waals surface area contributed by atoms with Crippen LogP contribution in [0.3, 0.4) is 0 Å². The van der Waals surface area contributed by atoms with Crippen LogP contribution >= 0.6 is 11.3 Å². The monoisotopic (exact) mass is 372 g/mol. The Morgan fingerprint density at radius 1 is 1.12 bits per heavy atom. The molecule has 2 atom stereocenters. The quantitative estimate of drug-likeness (QED) is 0.889. The lowest BCUT2D eigenvalue weighted by atomic mass is 9.99. The zero-order chi connectivity index (χ0) is 17.9. The Morgan fingerprint density at radius 3 is 2.62 bits per heavy atom. The molecule has 1 aromatic heterocycles. The third kappa shape index (κ3) is 4.15. The van der Waals surface area contributed by atoms with Crippen LogP contribution in [0.4, 0.5) is 0 Å². The van der Waals surface area contributed by atoms with Crippen molar-refractivity contribution in [1.82, 2.24) is 19.7 Å². The van der Waals surface area contributed by atoms with Crippen LogP contribution < -0.4 is 0 Å². The highest BCUT2D eigenvalue weighted by atomic mass is 32.1. The molecule has 0 bridgehead atoms. The van der Waals surface area contributed by atoms with Gasteiger partial charge < -0.3 is 10.0 Å². The molecule has 0 spiro atoms. The molecule has 26 heavy (non-hydrogen) atoms. The zero-order valence-corrected chi connectivity index (χ0v) is 16.2. The van der Waals surface area contributed by atoms with E-state index in [1.165, 1.54) is 5.56 Å². The lowest BCUT2D eigenvalue weighted by Crippen LogP contribution is -2.58. The highest BCUT2D eigenvalue weighted by molar-refractivity contribution is 7.09. The Morgan fingerprint density at radius 2 is 1.88 bits per heavy atom. The predicted octanol–water partition coefficient (Wildman–Crippen LogP) is 1.99. The van der Waals surface area contributed by atoms with E-state index in [-0.39, 0.29) is 6.10 Å². The lowest BCUT2D eigenvalue weighted by Gasteiger charge is -2.44. The van der Waals surface area contributed by atoms with Gasteiger partial charge >= 0.3 is 0 Å². The molecule has 2 fully saturated rings. The van der Waals surface area contributed by atoms with Gasteiger partial charge in [-0.3, -0.25) is 9.80 Å². The molecule has 0 unspecified atom stereocenters. The van der Waals surface area contributed by atoms with Gasteiger partial charge in [-0.25, -0.2) is 4.98 Å². The molecule has 1 aromatic carbocycles. The number of thiazole rings is 1. The fraction of sp³-hybridized carbons (Fsp3) is 0.550. The summed E-state index contributed by atoms with van der Waals surface area (Å²) in [7, 11) is 2.17. The topological polar surface area (TPSA) is 42.8 Å². The van der Waals surface area contributed by atoms with Crippen LogP contribution in [0.1, 0.15) is 11.4 Å². The van der Waals surface area contributed by atoms with Gasteiger partial charge in [0.15, 0.2) is 0 Å². The van der Waals surface area contributed by atoms with E-state index in [2.05, 4.69) is 39.3 Å². The second-order valence-electron chi connectivity index (χ2n) is 7.49. The maximum atomic E-state index is 10.7. The highest BCUT2D eigenvalue weighted by Crippen LogP contribution is 2.24. The number of β-amino-alcohol motifs (C(OH)–C–C–N with tert-alkyl or cyclic N) is 1. The van der Waals surface area contributed by atoms with E-state index < -0.39 is 0 Å². The van der Waals surface area contributed by atoms with Crippen molar-refractivity contribution in [3.05, 3.63) is 40.7 Å². The van der Waals surface area contributed by atoms with Gasteiger partial charge in [0.25, 0.3) is 0 Å². The number of piperidine rings is 1. The van der Waals surface area contributed by atoms with E-state index >= 15 is 0 Å². The first-order valence-electron chi connectivity index (χ1n) is 9.52. The first-order valence-corrected chi connectivity index (χ1v) is 10.4.